The summed E-state index contributed by atoms with van der Waals surface area (Å²) >= 11 is 0. The molecule has 0 unspecified atom stereocenters. The van der Waals surface area contributed by atoms with Crippen LogP contribution in [0.2, 0.25) is 0 Å². The van der Waals surface area contributed by atoms with Gasteiger partial charge in [0.25, 0.3) is 0 Å². The Morgan fingerprint density at radius 3 is 3.22 bits per heavy atom. The molecular formula is C14H18N4. The van der Waals surface area contributed by atoms with Crippen LogP contribution in [0.25, 0.3) is 0 Å². The van der Waals surface area contributed by atoms with Gasteiger partial charge in [-0.15, -0.1) is 0 Å². The average molecular weight is 242 g/mol. The minimum Gasteiger partial charge on any atom is -0.384 e. The van der Waals surface area contributed by atoms with Crippen molar-refractivity contribution in [3.05, 3.63) is 47.8 Å². The predicted molar refractivity (Wildman–Crippen MR) is 72.6 cm³/mol. The van der Waals surface area contributed by atoms with Gasteiger partial charge in [-0.1, -0.05) is 18.2 Å². The molecule has 0 aliphatic carbocycles. The highest BCUT2D eigenvalue weighted by molar-refractivity contribution is 5.61. The van der Waals surface area contributed by atoms with Gasteiger partial charge in [0.15, 0.2) is 0 Å². The lowest BCUT2D eigenvalue weighted by Crippen LogP contribution is -2.20. The molecule has 94 valence electrons. The van der Waals surface area contributed by atoms with E-state index in [9.17, 15) is 0 Å². The van der Waals surface area contributed by atoms with Gasteiger partial charge in [0.05, 0.1) is 6.54 Å². The van der Waals surface area contributed by atoms with E-state index in [0.29, 0.717) is 0 Å². The first-order valence-corrected chi connectivity index (χ1v) is 6.46. The molecule has 18 heavy (non-hydrogen) atoms. The van der Waals surface area contributed by atoms with Crippen molar-refractivity contribution >= 4 is 5.69 Å². The Labute approximate surface area is 107 Å². The van der Waals surface area contributed by atoms with Crippen LogP contribution in [-0.4, -0.2) is 22.9 Å². The van der Waals surface area contributed by atoms with Crippen molar-refractivity contribution in [2.24, 2.45) is 0 Å². The lowest BCUT2D eigenvalue weighted by atomic mass is 10.1. The molecule has 0 saturated carbocycles. The fourth-order valence-electron chi connectivity index (χ4n) is 2.41. The second-order valence-corrected chi connectivity index (χ2v) is 4.57. The molecule has 0 saturated heterocycles. The van der Waals surface area contributed by atoms with Crippen molar-refractivity contribution in [2.45, 2.75) is 19.5 Å². The summed E-state index contributed by atoms with van der Waals surface area (Å²) in [5.41, 5.74) is 4.15. The van der Waals surface area contributed by atoms with Crippen LogP contribution in [0.5, 0.6) is 0 Å². The topological polar surface area (TPSA) is 41.9 Å². The second-order valence-electron chi connectivity index (χ2n) is 4.57. The molecule has 4 nitrogen and oxygen atoms in total. The van der Waals surface area contributed by atoms with E-state index in [4.69, 9.17) is 0 Å². The number of nitrogens with one attached hydrogen (secondary N) is 2. The molecule has 3 rings (SSSR count). The maximum Gasteiger partial charge on any atom is 0.0534 e. The molecule has 0 amide bonds. The summed E-state index contributed by atoms with van der Waals surface area (Å²) in [5, 5.41) is 11.1. The van der Waals surface area contributed by atoms with Crippen LogP contribution >= 0.6 is 0 Å². The fourth-order valence-corrected chi connectivity index (χ4v) is 2.41. The molecule has 4 heteroatoms. The fraction of sp³-hybridized carbons (Fsp3) is 0.357. The van der Waals surface area contributed by atoms with Crippen LogP contribution in [-0.2, 0) is 19.5 Å². The van der Waals surface area contributed by atoms with Gasteiger partial charge in [-0.3, -0.25) is 4.68 Å². The van der Waals surface area contributed by atoms with E-state index < -0.39 is 0 Å². The van der Waals surface area contributed by atoms with Gasteiger partial charge >= 0.3 is 0 Å². The van der Waals surface area contributed by atoms with Crippen LogP contribution < -0.4 is 10.6 Å². The summed E-state index contributed by atoms with van der Waals surface area (Å²) in [4.78, 5) is 0. The summed E-state index contributed by atoms with van der Waals surface area (Å²) in [6, 6.07) is 8.50. The third-order valence-electron chi connectivity index (χ3n) is 3.33. The molecule has 1 aromatic heterocycles. The summed E-state index contributed by atoms with van der Waals surface area (Å²) < 4.78 is 1.95. The number of aromatic nitrogens is 2. The number of benzene rings is 1. The SMILES string of the molecule is c1cc2c(c(CNCCn3cccn3)c1)NCC2. The number of nitrogens with zero attached hydrogens (tertiary/aromatic N) is 2. The Bertz CT molecular complexity index is 505. The van der Waals surface area contributed by atoms with Crippen molar-refractivity contribution in [3.63, 3.8) is 0 Å². The first kappa shape index (κ1) is 11.3. The van der Waals surface area contributed by atoms with Gasteiger partial charge in [-0.2, -0.15) is 5.10 Å². The van der Waals surface area contributed by atoms with Crippen molar-refractivity contribution in [1.82, 2.24) is 15.1 Å². The van der Waals surface area contributed by atoms with Crippen LogP contribution in [0.4, 0.5) is 5.69 Å². The number of fused-ring (bicyclic) bond motifs is 1. The molecule has 1 aliphatic rings. The summed E-state index contributed by atoms with van der Waals surface area (Å²) in [7, 11) is 0. The lowest BCUT2D eigenvalue weighted by molar-refractivity contribution is 0.555. The molecule has 2 aromatic rings. The van der Waals surface area contributed by atoms with E-state index in [0.717, 1.165) is 32.6 Å². The Morgan fingerprint density at radius 2 is 2.33 bits per heavy atom. The van der Waals surface area contributed by atoms with E-state index in [-0.39, 0.29) is 0 Å². The summed E-state index contributed by atoms with van der Waals surface area (Å²) in [6.07, 6.45) is 4.95. The van der Waals surface area contributed by atoms with E-state index in [1.165, 1.54) is 16.8 Å². The van der Waals surface area contributed by atoms with Crippen molar-refractivity contribution < 1.29 is 0 Å². The zero-order valence-electron chi connectivity index (χ0n) is 10.4. The van der Waals surface area contributed by atoms with E-state index >= 15 is 0 Å². The summed E-state index contributed by atoms with van der Waals surface area (Å²) in [5.74, 6) is 0. The highest BCUT2D eigenvalue weighted by atomic mass is 15.3. The van der Waals surface area contributed by atoms with E-state index in [1.54, 1.807) is 0 Å². The highest BCUT2D eigenvalue weighted by Crippen LogP contribution is 2.25. The molecule has 2 N–H and O–H groups in total. The molecule has 0 radical (unpaired) electrons. The summed E-state index contributed by atoms with van der Waals surface area (Å²) in [6.45, 7) is 3.83. The number of para-hydroxylation sites is 1. The molecule has 2 heterocycles. The number of hydrogen-bond acceptors (Lipinski definition) is 3. The molecule has 0 bridgehead atoms. The number of anilines is 1. The van der Waals surface area contributed by atoms with Crippen LogP contribution in [0.15, 0.2) is 36.7 Å². The third-order valence-corrected chi connectivity index (χ3v) is 3.33. The van der Waals surface area contributed by atoms with Gasteiger partial charge in [0.2, 0.25) is 0 Å². The Kier molecular flexibility index (Phi) is 3.28. The standard InChI is InChI=1S/C14H18N4/c1-3-12-5-7-16-14(12)13(4-1)11-15-8-10-18-9-2-6-17-18/h1-4,6,9,15-16H,5,7-8,10-11H2. The molecule has 0 fully saturated rings. The van der Waals surface area contributed by atoms with E-state index in [2.05, 4.69) is 33.9 Å². The van der Waals surface area contributed by atoms with Gasteiger partial charge in [0, 0.05) is 37.7 Å². The van der Waals surface area contributed by atoms with Gasteiger partial charge in [-0.05, 0) is 23.6 Å². The van der Waals surface area contributed by atoms with Crippen LogP contribution in [0.1, 0.15) is 11.1 Å². The lowest BCUT2D eigenvalue weighted by Gasteiger charge is -2.10. The van der Waals surface area contributed by atoms with E-state index in [1.807, 2.05) is 23.1 Å². The molecule has 1 aromatic carbocycles. The van der Waals surface area contributed by atoms with Crippen molar-refractivity contribution in [3.8, 4) is 0 Å². The van der Waals surface area contributed by atoms with Crippen LogP contribution in [0.3, 0.4) is 0 Å². The predicted octanol–water partition coefficient (Wildman–Crippen LogP) is 1.64. The minimum atomic E-state index is 0.912. The molecule has 0 atom stereocenters. The minimum absolute atomic E-state index is 0.912. The number of hydrogen-bond donors (Lipinski definition) is 2. The first-order valence-electron chi connectivity index (χ1n) is 6.46. The Morgan fingerprint density at radius 1 is 1.33 bits per heavy atom. The maximum atomic E-state index is 4.18. The largest absolute Gasteiger partial charge is 0.384 e. The monoisotopic (exact) mass is 242 g/mol. The zero-order valence-corrected chi connectivity index (χ0v) is 10.4. The first-order chi connectivity index (χ1) is 8.93. The highest BCUT2D eigenvalue weighted by Gasteiger charge is 2.12. The van der Waals surface area contributed by atoms with Crippen molar-refractivity contribution in [1.29, 1.82) is 0 Å². The van der Waals surface area contributed by atoms with Crippen molar-refractivity contribution in [2.75, 3.05) is 18.4 Å². The second kappa shape index (κ2) is 5.23. The number of rotatable bonds is 5. The smallest absolute Gasteiger partial charge is 0.0534 e. The Balaban J connectivity index is 1.53. The molecular weight excluding hydrogens is 224 g/mol. The van der Waals surface area contributed by atoms with Gasteiger partial charge in [0.1, 0.15) is 0 Å². The Hall–Kier alpha value is -1.81. The average Bonchev–Trinajstić information content (AvgIpc) is 3.05. The zero-order chi connectivity index (χ0) is 12.2. The third kappa shape index (κ3) is 2.38. The normalized spacial score (nSPS) is 13.3. The van der Waals surface area contributed by atoms with Gasteiger partial charge < -0.3 is 10.6 Å². The van der Waals surface area contributed by atoms with Crippen LogP contribution in [0, 0.1) is 0 Å². The molecule has 1 aliphatic heterocycles. The molecule has 0 spiro atoms. The quantitative estimate of drug-likeness (QED) is 0.783. The van der Waals surface area contributed by atoms with Gasteiger partial charge in [-0.25, -0.2) is 0 Å². The maximum absolute atomic E-state index is 4.18.